The van der Waals surface area contributed by atoms with Gasteiger partial charge in [-0.2, -0.15) is 0 Å². The Morgan fingerprint density at radius 2 is 2.23 bits per heavy atom. The Kier molecular flexibility index (Phi) is 3.65. The molecule has 1 unspecified atom stereocenters. The number of hydrogen-bond acceptors (Lipinski definition) is 4. The summed E-state index contributed by atoms with van der Waals surface area (Å²) in [5.74, 6) is -0.273. The van der Waals surface area contributed by atoms with Crippen molar-refractivity contribution in [3.05, 3.63) is 0 Å². The van der Waals surface area contributed by atoms with Crippen molar-refractivity contribution in [1.29, 1.82) is 0 Å². The highest BCUT2D eigenvalue weighted by Gasteiger charge is 2.30. The molecule has 1 amide bonds. The van der Waals surface area contributed by atoms with E-state index >= 15 is 0 Å². The predicted octanol–water partition coefficient (Wildman–Crippen LogP) is -1.85. The fraction of sp³-hybridized carbons (Fsp3) is 0.875. The van der Waals surface area contributed by atoms with Gasteiger partial charge < -0.3 is 20.8 Å². The van der Waals surface area contributed by atoms with Crippen LogP contribution in [0.15, 0.2) is 0 Å². The highest BCUT2D eigenvalue weighted by Crippen LogP contribution is 2.14. The van der Waals surface area contributed by atoms with E-state index < -0.39 is 6.10 Å². The van der Waals surface area contributed by atoms with E-state index in [1.807, 2.05) is 4.90 Å². The number of nitrogens with zero attached hydrogens (tertiary/aromatic N) is 1. The lowest BCUT2D eigenvalue weighted by molar-refractivity contribution is -0.127. The van der Waals surface area contributed by atoms with Gasteiger partial charge in [0.25, 0.3) is 0 Å². The lowest BCUT2D eigenvalue weighted by Gasteiger charge is -2.37. The zero-order valence-corrected chi connectivity index (χ0v) is 7.52. The molecule has 1 rings (SSSR count). The molecule has 13 heavy (non-hydrogen) atoms. The maximum absolute atomic E-state index is 10.6. The molecule has 0 radical (unpaired) electrons. The number of carbonyl (C=O) groups is 1. The van der Waals surface area contributed by atoms with E-state index in [1.54, 1.807) is 0 Å². The molecule has 0 aromatic heterocycles. The molecule has 1 atom stereocenters. The second-order valence-electron chi connectivity index (χ2n) is 3.48. The summed E-state index contributed by atoms with van der Waals surface area (Å²) in [7, 11) is 0. The maximum Gasteiger partial charge on any atom is 0.223 e. The van der Waals surface area contributed by atoms with Crippen molar-refractivity contribution < 1.29 is 15.0 Å². The molecule has 4 N–H and O–H groups in total. The average Bonchev–Trinajstić information content (AvgIpc) is 2.00. The highest BCUT2D eigenvalue weighted by atomic mass is 16.3. The smallest absolute Gasteiger partial charge is 0.223 e. The van der Waals surface area contributed by atoms with E-state index in [0.717, 1.165) is 0 Å². The Hall–Kier alpha value is -0.650. The molecule has 0 aromatic rings. The summed E-state index contributed by atoms with van der Waals surface area (Å²) in [4.78, 5) is 12.7. The van der Waals surface area contributed by atoms with Crippen LogP contribution in [0.2, 0.25) is 0 Å². The molecule has 1 aliphatic rings. The summed E-state index contributed by atoms with van der Waals surface area (Å²) in [6.07, 6.45) is -0.102. The molecule has 1 fully saturated rings. The number of amides is 1. The Morgan fingerprint density at radius 3 is 2.69 bits per heavy atom. The molecule has 0 spiro atoms. The fourth-order valence-corrected chi connectivity index (χ4v) is 1.36. The summed E-state index contributed by atoms with van der Waals surface area (Å²) >= 11 is 0. The van der Waals surface area contributed by atoms with Gasteiger partial charge in [0, 0.05) is 19.6 Å². The van der Waals surface area contributed by atoms with Crippen LogP contribution in [0.1, 0.15) is 6.42 Å². The second kappa shape index (κ2) is 4.55. The predicted molar refractivity (Wildman–Crippen MR) is 46.8 cm³/mol. The molecule has 0 saturated carbocycles. The van der Waals surface area contributed by atoms with Gasteiger partial charge in [0.2, 0.25) is 5.91 Å². The van der Waals surface area contributed by atoms with E-state index in [1.165, 1.54) is 0 Å². The van der Waals surface area contributed by atoms with Gasteiger partial charge in [-0.25, -0.2) is 0 Å². The first-order chi connectivity index (χ1) is 6.13. The van der Waals surface area contributed by atoms with Crippen molar-refractivity contribution in [2.45, 2.75) is 12.5 Å². The number of aliphatic hydroxyl groups is 2. The Labute approximate surface area is 77.1 Å². The van der Waals surface area contributed by atoms with Gasteiger partial charge in [0.05, 0.1) is 18.6 Å². The third-order valence-corrected chi connectivity index (χ3v) is 2.35. The molecular formula is C8H16N2O3. The quantitative estimate of drug-likeness (QED) is 0.472. The molecule has 1 saturated heterocycles. The summed E-state index contributed by atoms with van der Waals surface area (Å²) in [5, 5.41) is 17.6. The van der Waals surface area contributed by atoms with E-state index in [0.29, 0.717) is 26.1 Å². The van der Waals surface area contributed by atoms with Crippen LogP contribution in [0.4, 0.5) is 0 Å². The Morgan fingerprint density at radius 1 is 1.62 bits per heavy atom. The number of rotatable bonds is 5. The van der Waals surface area contributed by atoms with E-state index in [4.69, 9.17) is 15.9 Å². The van der Waals surface area contributed by atoms with Crippen molar-refractivity contribution in [2.75, 3.05) is 26.2 Å². The second-order valence-corrected chi connectivity index (χ2v) is 3.48. The van der Waals surface area contributed by atoms with Gasteiger partial charge in [-0.05, 0) is 6.42 Å². The first kappa shape index (κ1) is 10.4. The van der Waals surface area contributed by atoms with Crippen LogP contribution < -0.4 is 5.73 Å². The number of primary amides is 1. The van der Waals surface area contributed by atoms with Gasteiger partial charge in [-0.3, -0.25) is 4.79 Å². The lowest BCUT2D eigenvalue weighted by atomic mass is 9.99. The van der Waals surface area contributed by atoms with Gasteiger partial charge >= 0.3 is 0 Å². The zero-order valence-electron chi connectivity index (χ0n) is 7.52. The van der Waals surface area contributed by atoms with Gasteiger partial charge in [0.1, 0.15) is 0 Å². The van der Waals surface area contributed by atoms with Gasteiger partial charge in [-0.1, -0.05) is 0 Å². The summed E-state index contributed by atoms with van der Waals surface area (Å²) in [6.45, 7) is 1.89. The molecule has 0 bridgehead atoms. The van der Waals surface area contributed by atoms with Crippen LogP contribution in [0.3, 0.4) is 0 Å². The van der Waals surface area contributed by atoms with Crippen molar-refractivity contribution >= 4 is 5.91 Å². The van der Waals surface area contributed by atoms with Crippen molar-refractivity contribution in [1.82, 2.24) is 4.90 Å². The van der Waals surface area contributed by atoms with Crippen molar-refractivity contribution in [2.24, 2.45) is 11.7 Å². The SMILES string of the molecule is NC(=O)C1CN(CCC(O)CO)C1. The largest absolute Gasteiger partial charge is 0.394 e. The average molecular weight is 188 g/mol. The molecule has 76 valence electrons. The molecule has 1 heterocycles. The highest BCUT2D eigenvalue weighted by molar-refractivity contribution is 5.78. The third kappa shape index (κ3) is 2.95. The molecule has 0 aromatic carbocycles. The van der Waals surface area contributed by atoms with Gasteiger partial charge in [-0.15, -0.1) is 0 Å². The number of carbonyl (C=O) groups excluding carboxylic acids is 1. The van der Waals surface area contributed by atoms with Crippen LogP contribution in [0.25, 0.3) is 0 Å². The first-order valence-electron chi connectivity index (χ1n) is 4.44. The normalized spacial score (nSPS) is 21.1. The topological polar surface area (TPSA) is 86.8 Å². The standard InChI is InChI=1S/C8H16N2O3/c9-8(13)6-3-10(4-6)2-1-7(12)5-11/h6-7,11-12H,1-5H2,(H2,9,13). The van der Waals surface area contributed by atoms with Crippen LogP contribution in [-0.2, 0) is 4.79 Å². The minimum absolute atomic E-state index is 0.0220. The summed E-state index contributed by atoms with van der Waals surface area (Å²) < 4.78 is 0. The number of aliphatic hydroxyl groups excluding tert-OH is 2. The van der Waals surface area contributed by atoms with Crippen molar-refractivity contribution in [3.63, 3.8) is 0 Å². The fourth-order valence-electron chi connectivity index (χ4n) is 1.36. The number of hydrogen-bond donors (Lipinski definition) is 3. The van der Waals surface area contributed by atoms with Crippen LogP contribution >= 0.6 is 0 Å². The molecule has 1 aliphatic heterocycles. The number of nitrogens with two attached hydrogens (primary N) is 1. The number of likely N-dealkylation sites (tertiary alicyclic amines) is 1. The Bertz CT molecular complexity index is 180. The minimum Gasteiger partial charge on any atom is -0.394 e. The van der Waals surface area contributed by atoms with E-state index in [-0.39, 0.29) is 18.4 Å². The molecule has 5 heteroatoms. The maximum atomic E-state index is 10.6. The molecule has 5 nitrogen and oxygen atoms in total. The zero-order chi connectivity index (χ0) is 9.84. The molecule has 0 aliphatic carbocycles. The monoisotopic (exact) mass is 188 g/mol. The van der Waals surface area contributed by atoms with Crippen LogP contribution in [0, 0.1) is 5.92 Å². The van der Waals surface area contributed by atoms with Crippen LogP contribution in [0.5, 0.6) is 0 Å². The summed E-state index contributed by atoms with van der Waals surface area (Å²) in [6, 6.07) is 0. The summed E-state index contributed by atoms with van der Waals surface area (Å²) in [5.41, 5.74) is 5.09. The van der Waals surface area contributed by atoms with Gasteiger partial charge in [0.15, 0.2) is 0 Å². The lowest BCUT2D eigenvalue weighted by Crippen LogP contribution is -2.52. The molecular weight excluding hydrogens is 172 g/mol. The Balaban J connectivity index is 2.05. The van der Waals surface area contributed by atoms with Crippen molar-refractivity contribution in [3.8, 4) is 0 Å². The van der Waals surface area contributed by atoms with E-state index in [2.05, 4.69) is 0 Å². The van der Waals surface area contributed by atoms with E-state index in [9.17, 15) is 4.79 Å². The minimum atomic E-state index is -0.646. The first-order valence-corrected chi connectivity index (χ1v) is 4.44. The van der Waals surface area contributed by atoms with Crippen LogP contribution in [-0.4, -0.2) is 53.4 Å². The third-order valence-electron chi connectivity index (χ3n) is 2.35.